The number of hydrogen-bond donors (Lipinski definition) is 6. The fraction of sp³-hybridized carbons (Fsp3) is 0. The van der Waals surface area contributed by atoms with E-state index < -0.39 is 14.2 Å². The molecule has 42 heavy (non-hydrogen) atoms. The van der Waals surface area contributed by atoms with Crippen molar-refractivity contribution in [3.05, 3.63) is 108 Å². The topological polar surface area (TPSA) is 138 Å². The summed E-state index contributed by atoms with van der Waals surface area (Å²) in [5.74, 6) is 0. The molecular weight excluding hydrogens is 526 g/mol. The molecular formula is C32H24B2N4O4. The van der Waals surface area contributed by atoms with Crippen LogP contribution in [0.1, 0.15) is 22.8 Å². The number of fused-ring (bicyclic) bond motifs is 8. The molecule has 5 heterocycles. The number of nitrogens with one attached hydrogen (secondary N) is 2. The van der Waals surface area contributed by atoms with Crippen LogP contribution in [-0.2, 0) is 0 Å². The first-order valence-corrected chi connectivity index (χ1v) is 13.4. The summed E-state index contributed by atoms with van der Waals surface area (Å²) in [4.78, 5) is 16.6. The van der Waals surface area contributed by atoms with Gasteiger partial charge in [0.15, 0.2) is 0 Å². The van der Waals surface area contributed by atoms with E-state index in [0.29, 0.717) is 10.9 Å². The monoisotopic (exact) mass is 550 g/mol. The fourth-order valence-corrected chi connectivity index (χ4v) is 5.32. The molecule has 8 nitrogen and oxygen atoms in total. The van der Waals surface area contributed by atoms with Crippen molar-refractivity contribution in [1.82, 2.24) is 19.9 Å². The van der Waals surface area contributed by atoms with E-state index in [9.17, 15) is 20.1 Å². The number of aromatic amines is 2. The molecule has 0 aliphatic carbocycles. The maximum atomic E-state index is 9.68. The van der Waals surface area contributed by atoms with E-state index in [1.165, 1.54) is 0 Å². The highest BCUT2D eigenvalue weighted by Crippen LogP contribution is 2.39. The van der Waals surface area contributed by atoms with Crippen molar-refractivity contribution < 1.29 is 20.1 Å². The Labute approximate surface area is 241 Å². The molecule has 0 saturated heterocycles. The third-order valence-electron chi connectivity index (χ3n) is 7.34. The molecule has 2 aliphatic rings. The molecule has 7 rings (SSSR count). The van der Waals surface area contributed by atoms with Crippen molar-refractivity contribution >= 4 is 71.5 Å². The first-order chi connectivity index (χ1) is 20.4. The van der Waals surface area contributed by atoms with Gasteiger partial charge in [-0.05, 0) is 82.8 Å². The average molecular weight is 550 g/mol. The van der Waals surface area contributed by atoms with Crippen molar-refractivity contribution in [2.75, 3.05) is 0 Å². The lowest BCUT2D eigenvalue weighted by Crippen LogP contribution is -2.29. The number of hydrogen-bond acceptors (Lipinski definition) is 6. The summed E-state index contributed by atoms with van der Waals surface area (Å²) >= 11 is 0. The summed E-state index contributed by atoms with van der Waals surface area (Å²) in [7, 11) is -3.15. The van der Waals surface area contributed by atoms with Gasteiger partial charge in [-0.3, -0.25) is 0 Å². The molecule has 0 fully saturated rings. The smallest absolute Gasteiger partial charge is 0.423 e. The van der Waals surface area contributed by atoms with Crippen molar-refractivity contribution in [2.45, 2.75) is 0 Å². The van der Waals surface area contributed by atoms with E-state index in [0.717, 1.165) is 67.1 Å². The maximum Gasteiger partial charge on any atom is 0.488 e. The fourth-order valence-electron chi connectivity index (χ4n) is 5.32. The predicted octanol–water partition coefficient (Wildman–Crippen LogP) is 3.35. The zero-order valence-corrected chi connectivity index (χ0v) is 22.2. The summed E-state index contributed by atoms with van der Waals surface area (Å²) in [6.07, 6.45) is 7.85. The van der Waals surface area contributed by atoms with Crippen LogP contribution in [0.4, 0.5) is 0 Å². The number of rotatable bonds is 4. The van der Waals surface area contributed by atoms with Crippen LogP contribution in [0.2, 0.25) is 0 Å². The predicted molar refractivity (Wildman–Crippen MR) is 169 cm³/mol. The third-order valence-corrected chi connectivity index (χ3v) is 7.34. The van der Waals surface area contributed by atoms with E-state index in [4.69, 9.17) is 9.97 Å². The molecule has 0 saturated carbocycles. The average Bonchev–Trinajstić information content (AvgIpc) is 3.78. The third kappa shape index (κ3) is 5.00. The van der Waals surface area contributed by atoms with Crippen LogP contribution < -0.4 is 10.9 Å². The van der Waals surface area contributed by atoms with Gasteiger partial charge in [0, 0.05) is 33.2 Å². The van der Waals surface area contributed by atoms with Gasteiger partial charge in [-0.2, -0.15) is 0 Å². The Morgan fingerprint density at radius 2 is 0.833 bits per heavy atom. The first-order valence-electron chi connectivity index (χ1n) is 13.4. The van der Waals surface area contributed by atoms with Gasteiger partial charge in [0.25, 0.3) is 0 Å². The molecule has 0 atom stereocenters. The largest absolute Gasteiger partial charge is 0.488 e. The highest BCUT2D eigenvalue weighted by atomic mass is 16.4. The standard InChI is InChI=1S/C32H24B2N4O4/c39-33(40)21-5-1-19(2-6-21)31-29-17-27-13-11-25(36-27)15-23-9-10-24(35-23)16-26-12-14-28(37-26)18-30(38-29)32(31)20-3-7-22(8-4-20)34(41)42/h1-18,35,38-42H. The van der Waals surface area contributed by atoms with E-state index in [-0.39, 0.29) is 0 Å². The van der Waals surface area contributed by atoms with Crippen LogP contribution in [0, 0.1) is 0 Å². The van der Waals surface area contributed by atoms with Gasteiger partial charge in [0.05, 0.1) is 22.8 Å². The summed E-state index contributed by atoms with van der Waals surface area (Å²) < 4.78 is 0. The lowest BCUT2D eigenvalue weighted by atomic mass is 9.79. The van der Waals surface area contributed by atoms with Crippen molar-refractivity contribution in [2.24, 2.45) is 0 Å². The highest BCUT2D eigenvalue weighted by Gasteiger charge is 2.19. The number of aromatic nitrogens is 4. The minimum absolute atomic E-state index is 0.384. The van der Waals surface area contributed by atoms with Gasteiger partial charge in [0.1, 0.15) is 0 Å². The summed E-state index contributed by atoms with van der Waals surface area (Å²) in [6.45, 7) is 0. The van der Waals surface area contributed by atoms with Gasteiger partial charge in [-0.25, -0.2) is 9.97 Å². The van der Waals surface area contributed by atoms with Crippen LogP contribution in [0.3, 0.4) is 0 Å². The summed E-state index contributed by atoms with van der Waals surface area (Å²) in [5, 5.41) is 38.7. The normalized spacial score (nSPS) is 12.1. The Morgan fingerprint density at radius 3 is 1.21 bits per heavy atom. The zero-order chi connectivity index (χ0) is 28.8. The molecule has 5 aromatic rings. The molecule has 0 spiro atoms. The van der Waals surface area contributed by atoms with Crippen LogP contribution in [0.5, 0.6) is 0 Å². The highest BCUT2D eigenvalue weighted by molar-refractivity contribution is 6.59. The van der Waals surface area contributed by atoms with Gasteiger partial charge in [-0.1, -0.05) is 48.5 Å². The van der Waals surface area contributed by atoms with Crippen molar-refractivity contribution in [3.8, 4) is 22.3 Å². The zero-order valence-electron chi connectivity index (χ0n) is 22.2. The van der Waals surface area contributed by atoms with Crippen LogP contribution in [-0.4, -0.2) is 54.3 Å². The second-order valence-corrected chi connectivity index (χ2v) is 10.2. The first kappa shape index (κ1) is 25.9. The SMILES string of the molecule is OB(O)c1ccc(-c2c(-c3ccc(B(O)O)cc3)c3cc4nc(cc5ccc(cc6nc(cc2[nH]3)C=C6)[nH]5)C=C4)cc1. The Balaban J connectivity index is 1.58. The molecule has 3 aromatic heterocycles. The minimum Gasteiger partial charge on any atom is -0.423 e. The quantitative estimate of drug-likeness (QED) is 0.186. The Bertz CT molecular complexity index is 1900. The summed E-state index contributed by atoms with van der Waals surface area (Å²) in [5.41, 5.74) is 10.9. The second-order valence-electron chi connectivity index (χ2n) is 10.2. The number of H-pyrrole nitrogens is 2. The Morgan fingerprint density at radius 1 is 0.452 bits per heavy atom. The van der Waals surface area contributed by atoms with E-state index >= 15 is 0 Å². The maximum absolute atomic E-state index is 9.68. The molecule has 10 heteroatoms. The molecule has 2 aromatic carbocycles. The Hall–Kier alpha value is -4.99. The van der Waals surface area contributed by atoms with Crippen LogP contribution >= 0.6 is 0 Å². The van der Waals surface area contributed by atoms with E-state index in [1.54, 1.807) is 24.3 Å². The molecule has 6 N–H and O–H groups in total. The summed E-state index contributed by atoms with van der Waals surface area (Å²) in [6, 6.07) is 26.1. The Kier molecular flexibility index (Phi) is 6.45. The molecule has 202 valence electrons. The van der Waals surface area contributed by atoms with E-state index in [2.05, 4.69) is 9.97 Å². The molecule has 0 unspecified atom stereocenters. The number of benzene rings is 2. The molecule has 0 amide bonds. The lowest BCUT2D eigenvalue weighted by Gasteiger charge is -2.09. The van der Waals surface area contributed by atoms with Gasteiger partial charge >= 0.3 is 14.2 Å². The second kappa shape index (κ2) is 10.4. The lowest BCUT2D eigenvalue weighted by molar-refractivity contribution is 0.424. The van der Waals surface area contributed by atoms with Crippen molar-refractivity contribution in [3.63, 3.8) is 0 Å². The molecule has 0 radical (unpaired) electrons. The molecule has 8 bridgehead atoms. The van der Waals surface area contributed by atoms with Gasteiger partial charge < -0.3 is 30.1 Å². The van der Waals surface area contributed by atoms with Gasteiger partial charge in [0.2, 0.25) is 0 Å². The van der Waals surface area contributed by atoms with Crippen LogP contribution in [0.25, 0.3) is 68.6 Å². The van der Waals surface area contributed by atoms with Crippen LogP contribution in [0.15, 0.2) is 84.9 Å². The minimum atomic E-state index is -1.58. The van der Waals surface area contributed by atoms with E-state index in [1.807, 2.05) is 85.0 Å². The number of nitrogens with zero attached hydrogens (tertiary/aromatic N) is 2. The van der Waals surface area contributed by atoms with Gasteiger partial charge in [-0.15, -0.1) is 0 Å². The van der Waals surface area contributed by atoms with Crippen molar-refractivity contribution in [1.29, 1.82) is 0 Å². The molecule has 2 aliphatic heterocycles.